The third kappa shape index (κ3) is 2.79. The van der Waals surface area contributed by atoms with Gasteiger partial charge in [0.1, 0.15) is 11.4 Å². The van der Waals surface area contributed by atoms with E-state index in [2.05, 4.69) is 4.74 Å². The molecule has 1 aromatic heterocycles. The number of ether oxygens (including phenoxy) is 1. The summed E-state index contributed by atoms with van der Waals surface area (Å²) in [5.74, 6) is -0.770. The fourth-order valence-corrected chi connectivity index (χ4v) is 2.05. The summed E-state index contributed by atoms with van der Waals surface area (Å²) in [6.07, 6.45) is -0.218. The van der Waals surface area contributed by atoms with Crippen molar-refractivity contribution in [1.29, 1.82) is 0 Å². The minimum Gasteiger partial charge on any atom is -0.469 e. The highest BCUT2D eigenvalue weighted by molar-refractivity contribution is 7.14. The SMILES string of the molecule is COC(=O)CC(=O)N(C)c1sccc1C. The van der Waals surface area contributed by atoms with E-state index in [1.807, 2.05) is 18.4 Å². The molecule has 1 aromatic rings. The average Bonchev–Trinajstić information content (AvgIpc) is 2.63. The third-order valence-corrected chi connectivity index (χ3v) is 3.13. The quantitative estimate of drug-likeness (QED) is 0.582. The topological polar surface area (TPSA) is 46.6 Å². The van der Waals surface area contributed by atoms with Crippen LogP contribution >= 0.6 is 11.3 Å². The van der Waals surface area contributed by atoms with Gasteiger partial charge in [0, 0.05) is 7.05 Å². The molecule has 0 saturated carbocycles. The molecule has 0 aliphatic heterocycles. The number of nitrogens with zero attached hydrogens (tertiary/aromatic N) is 1. The van der Waals surface area contributed by atoms with Crippen LogP contribution in [-0.2, 0) is 14.3 Å². The summed E-state index contributed by atoms with van der Waals surface area (Å²) in [6.45, 7) is 1.92. The van der Waals surface area contributed by atoms with Crippen molar-refractivity contribution in [2.24, 2.45) is 0 Å². The summed E-state index contributed by atoms with van der Waals surface area (Å²) in [7, 11) is 2.93. The Balaban J connectivity index is 2.69. The van der Waals surface area contributed by atoms with Gasteiger partial charge in [-0.2, -0.15) is 0 Å². The van der Waals surface area contributed by atoms with E-state index in [1.54, 1.807) is 7.05 Å². The van der Waals surface area contributed by atoms with Gasteiger partial charge in [0.25, 0.3) is 0 Å². The number of anilines is 1. The second-order valence-corrected chi connectivity index (χ2v) is 4.01. The minimum absolute atomic E-state index is 0.218. The van der Waals surface area contributed by atoms with Crippen molar-refractivity contribution < 1.29 is 14.3 Å². The van der Waals surface area contributed by atoms with Gasteiger partial charge in [0.05, 0.1) is 7.11 Å². The Morgan fingerprint density at radius 3 is 2.67 bits per heavy atom. The van der Waals surface area contributed by atoms with E-state index in [0.717, 1.165) is 10.6 Å². The first-order chi connectivity index (χ1) is 7.06. The van der Waals surface area contributed by atoms with Gasteiger partial charge in [0.15, 0.2) is 0 Å². The molecule has 82 valence electrons. The van der Waals surface area contributed by atoms with E-state index in [1.165, 1.54) is 23.3 Å². The third-order valence-electron chi connectivity index (χ3n) is 2.04. The number of aryl methyl sites for hydroxylation is 1. The van der Waals surface area contributed by atoms with Crippen molar-refractivity contribution in [3.63, 3.8) is 0 Å². The fourth-order valence-electron chi connectivity index (χ4n) is 1.14. The van der Waals surface area contributed by atoms with Crippen molar-refractivity contribution in [2.75, 3.05) is 19.1 Å². The summed E-state index contributed by atoms with van der Waals surface area (Å²) >= 11 is 1.47. The molecule has 5 heteroatoms. The first-order valence-electron chi connectivity index (χ1n) is 4.43. The standard InChI is InChI=1S/C10H13NO3S/c1-7-4-5-15-10(7)11(2)8(12)6-9(13)14-3/h4-5H,6H2,1-3H3. The zero-order valence-electron chi connectivity index (χ0n) is 8.94. The molecule has 4 nitrogen and oxygen atoms in total. The maximum atomic E-state index is 11.6. The second kappa shape index (κ2) is 4.93. The van der Waals surface area contributed by atoms with E-state index in [9.17, 15) is 9.59 Å². The number of carbonyl (C=O) groups is 2. The van der Waals surface area contributed by atoms with E-state index in [0.29, 0.717) is 0 Å². The smallest absolute Gasteiger partial charge is 0.315 e. The molecule has 15 heavy (non-hydrogen) atoms. The molecular weight excluding hydrogens is 214 g/mol. The highest BCUT2D eigenvalue weighted by Gasteiger charge is 2.17. The van der Waals surface area contributed by atoms with E-state index >= 15 is 0 Å². The van der Waals surface area contributed by atoms with Gasteiger partial charge in [-0.3, -0.25) is 9.59 Å². The van der Waals surface area contributed by atoms with Crippen LogP contribution in [0.25, 0.3) is 0 Å². The van der Waals surface area contributed by atoms with Gasteiger partial charge in [0.2, 0.25) is 5.91 Å². The number of thiophene rings is 1. The summed E-state index contributed by atoms with van der Waals surface area (Å²) in [6, 6.07) is 1.93. The van der Waals surface area contributed by atoms with Crippen LogP contribution in [0.4, 0.5) is 5.00 Å². The average molecular weight is 227 g/mol. The Hall–Kier alpha value is -1.36. The molecule has 0 fully saturated rings. The van der Waals surface area contributed by atoms with Gasteiger partial charge in [-0.05, 0) is 23.9 Å². The van der Waals surface area contributed by atoms with Gasteiger partial charge < -0.3 is 9.64 Å². The molecule has 0 aliphatic carbocycles. The van der Waals surface area contributed by atoms with Crippen LogP contribution in [0.2, 0.25) is 0 Å². The lowest BCUT2D eigenvalue weighted by Gasteiger charge is -2.15. The second-order valence-electron chi connectivity index (χ2n) is 3.11. The van der Waals surface area contributed by atoms with Crippen molar-refractivity contribution in [2.45, 2.75) is 13.3 Å². The summed E-state index contributed by atoms with van der Waals surface area (Å²) in [4.78, 5) is 24.0. The van der Waals surface area contributed by atoms with E-state index < -0.39 is 5.97 Å². The van der Waals surface area contributed by atoms with Crippen LogP contribution in [0.15, 0.2) is 11.4 Å². The zero-order valence-corrected chi connectivity index (χ0v) is 9.76. The van der Waals surface area contributed by atoms with Crippen LogP contribution in [0.3, 0.4) is 0 Å². The molecule has 1 heterocycles. The molecule has 0 spiro atoms. The lowest BCUT2D eigenvalue weighted by molar-refractivity contribution is -0.143. The molecule has 1 rings (SSSR count). The van der Waals surface area contributed by atoms with Gasteiger partial charge in [-0.25, -0.2) is 0 Å². The molecule has 1 amide bonds. The van der Waals surface area contributed by atoms with Crippen LogP contribution in [-0.4, -0.2) is 26.0 Å². The molecule has 0 saturated heterocycles. The Morgan fingerprint density at radius 1 is 1.53 bits per heavy atom. The van der Waals surface area contributed by atoms with Gasteiger partial charge in [-0.1, -0.05) is 0 Å². The molecule has 0 unspecified atom stereocenters. The maximum Gasteiger partial charge on any atom is 0.315 e. The molecular formula is C10H13NO3S. The lowest BCUT2D eigenvalue weighted by atomic mass is 10.3. The molecule has 0 aliphatic rings. The number of amides is 1. The Labute approximate surface area is 92.5 Å². The van der Waals surface area contributed by atoms with Crippen molar-refractivity contribution in [3.05, 3.63) is 17.0 Å². The molecule has 0 radical (unpaired) electrons. The zero-order chi connectivity index (χ0) is 11.4. The molecule has 0 aromatic carbocycles. The van der Waals surface area contributed by atoms with Crippen LogP contribution < -0.4 is 4.90 Å². The van der Waals surface area contributed by atoms with Crippen LogP contribution in [0.5, 0.6) is 0 Å². The number of methoxy groups -OCH3 is 1. The fraction of sp³-hybridized carbons (Fsp3) is 0.400. The van der Waals surface area contributed by atoms with Crippen molar-refractivity contribution >= 4 is 28.2 Å². The normalized spacial score (nSPS) is 9.80. The molecule has 0 atom stereocenters. The first kappa shape index (κ1) is 11.7. The Morgan fingerprint density at radius 2 is 2.20 bits per heavy atom. The number of carbonyl (C=O) groups excluding carboxylic acids is 2. The van der Waals surface area contributed by atoms with E-state index in [-0.39, 0.29) is 12.3 Å². The monoisotopic (exact) mass is 227 g/mol. The number of esters is 1. The molecule has 0 bridgehead atoms. The summed E-state index contributed by atoms with van der Waals surface area (Å²) < 4.78 is 4.44. The predicted octanol–water partition coefficient (Wildman–Crippen LogP) is 1.58. The van der Waals surface area contributed by atoms with Crippen LogP contribution in [0, 0.1) is 6.92 Å². The van der Waals surface area contributed by atoms with E-state index in [4.69, 9.17) is 0 Å². The molecule has 0 N–H and O–H groups in total. The van der Waals surface area contributed by atoms with Gasteiger partial charge in [-0.15, -0.1) is 11.3 Å². The van der Waals surface area contributed by atoms with Crippen molar-refractivity contribution in [1.82, 2.24) is 0 Å². The van der Waals surface area contributed by atoms with Gasteiger partial charge >= 0.3 is 5.97 Å². The minimum atomic E-state index is -0.513. The number of hydrogen-bond acceptors (Lipinski definition) is 4. The van der Waals surface area contributed by atoms with Crippen molar-refractivity contribution in [3.8, 4) is 0 Å². The maximum absolute atomic E-state index is 11.6. The number of hydrogen-bond donors (Lipinski definition) is 0. The summed E-state index contributed by atoms with van der Waals surface area (Å²) in [5.41, 5.74) is 1.03. The van der Waals surface area contributed by atoms with Crippen LogP contribution in [0.1, 0.15) is 12.0 Å². The first-order valence-corrected chi connectivity index (χ1v) is 5.31. The largest absolute Gasteiger partial charge is 0.469 e. The predicted molar refractivity (Wildman–Crippen MR) is 59.1 cm³/mol. The Bertz CT molecular complexity index is 372. The number of rotatable bonds is 3. The highest BCUT2D eigenvalue weighted by atomic mass is 32.1. The summed E-state index contributed by atoms with van der Waals surface area (Å²) in [5, 5.41) is 2.77. The Kier molecular flexibility index (Phi) is 3.85. The highest BCUT2D eigenvalue weighted by Crippen LogP contribution is 2.26. The lowest BCUT2D eigenvalue weighted by Crippen LogP contribution is -2.28.